The number of rotatable bonds is 0. The van der Waals surface area contributed by atoms with Gasteiger partial charge in [0.2, 0.25) is 5.91 Å². The summed E-state index contributed by atoms with van der Waals surface area (Å²) in [5.41, 5.74) is 8.86. The molecular formula is C10H12N2O. The summed E-state index contributed by atoms with van der Waals surface area (Å²) in [6, 6.07) is 5.58. The van der Waals surface area contributed by atoms with E-state index in [0.717, 1.165) is 11.3 Å². The van der Waals surface area contributed by atoms with Crippen molar-refractivity contribution in [1.82, 2.24) is 0 Å². The Hall–Kier alpha value is -1.35. The summed E-state index contributed by atoms with van der Waals surface area (Å²) in [4.78, 5) is 11.2. The number of hydrogen-bond donors (Lipinski definition) is 2. The number of anilines is 1. The van der Waals surface area contributed by atoms with Gasteiger partial charge in [-0.2, -0.15) is 0 Å². The van der Waals surface area contributed by atoms with Crippen LogP contribution in [0.25, 0.3) is 0 Å². The van der Waals surface area contributed by atoms with Gasteiger partial charge in [-0.15, -0.1) is 0 Å². The van der Waals surface area contributed by atoms with Gasteiger partial charge >= 0.3 is 0 Å². The van der Waals surface area contributed by atoms with Crippen molar-refractivity contribution >= 4 is 11.6 Å². The normalized spacial score (nSPS) is 20.8. The summed E-state index contributed by atoms with van der Waals surface area (Å²) in [6.45, 7) is 2.03. The highest BCUT2D eigenvalue weighted by Gasteiger charge is 2.21. The van der Waals surface area contributed by atoms with Crippen LogP contribution in [0.1, 0.15) is 11.1 Å². The number of nitrogens with two attached hydrogens (primary N) is 1. The van der Waals surface area contributed by atoms with Crippen LogP contribution in [-0.2, 0) is 11.2 Å². The molecular weight excluding hydrogens is 164 g/mol. The second-order valence-corrected chi connectivity index (χ2v) is 3.46. The molecule has 1 atom stereocenters. The highest BCUT2D eigenvalue weighted by molar-refractivity contribution is 5.97. The average molecular weight is 176 g/mol. The first-order chi connectivity index (χ1) is 6.16. The standard InChI is InChI=1S/C10H12N2O/c1-6-2-3-9-7(4-6)5-8(11)10(13)12-9/h2-4,8H,5,11H2,1H3,(H,12,13)/t8-/m0/s1. The van der Waals surface area contributed by atoms with Gasteiger partial charge in [-0.05, 0) is 25.0 Å². The summed E-state index contributed by atoms with van der Waals surface area (Å²) in [7, 11) is 0. The Morgan fingerprint density at radius 3 is 3.08 bits per heavy atom. The molecule has 0 unspecified atom stereocenters. The first kappa shape index (κ1) is 8.26. The molecule has 0 fully saturated rings. The Bertz CT molecular complexity index is 360. The smallest absolute Gasteiger partial charge is 0.241 e. The molecule has 0 saturated heterocycles. The number of carbonyl (C=O) groups is 1. The van der Waals surface area contributed by atoms with Crippen molar-refractivity contribution in [3.8, 4) is 0 Å². The summed E-state index contributed by atoms with van der Waals surface area (Å²) in [5.74, 6) is -0.0867. The Morgan fingerprint density at radius 1 is 1.54 bits per heavy atom. The third-order valence-electron chi connectivity index (χ3n) is 2.30. The SMILES string of the molecule is Cc1ccc2c(c1)C[C@H](N)C(=O)N2. The van der Waals surface area contributed by atoms with Gasteiger partial charge in [0.1, 0.15) is 0 Å². The van der Waals surface area contributed by atoms with Crippen molar-refractivity contribution in [2.75, 3.05) is 5.32 Å². The lowest BCUT2D eigenvalue weighted by molar-refractivity contribution is -0.117. The largest absolute Gasteiger partial charge is 0.324 e. The molecule has 68 valence electrons. The minimum absolute atomic E-state index is 0.0867. The monoisotopic (exact) mass is 176 g/mol. The summed E-state index contributed by atoms with van der Waals surface area (Å²) >= 11 is 0. The van der Waals surface area contributed by atoms with E-state index in [1.54, 1.807) is 0 Å². The van der Waals surface area contributed by atoms with Crippen LogP contribution < -0.4 is 11.1 Å². The summed E-state index contributed by atoms with van der Waals surface area (Å²) in [6.07, 6.45) is 0.642. The molecule has 1 aromatic rings. The van der Waals surface area contributed by atoms with Gasteiger partial charge in [0.25, 0.3) is 0 Å². The van der Waals surface area contributed by atoms with E-state index in [2.05, 4.69) is 11.4 Å². The van der Waals surface area contributed by atoms with Gasteiger partial charge in [0.05, 0.1) is 6.04 Å². The molecule has 0 radical (unpaired) electrons. The van der Waals surface area contributed by atoms with E-state index in [4.69, 9.17) is 5.73 Å². The molecule has 1 amide bonds. The third-order valence-corrected chi connectivity index (χ3v) is 2.30. The van der Waals surface area contributed by atoms with Crippen LogP contribution in [-0.4, -0.2) is 11.9 Å². The Morgan fingerprint density at radius 2 is 2.31 bits per heavy atom. The molecule has 2 rings (SSSR count). The van der Waals surface area contributed by atoms with Crippen LogP contribution in [0.2, 0.25) is 0 Å². The van der Waals surface area contributed by atoms with E-state index in [9.17, 15) is 4.79 Å². The van der Waals surface area contributed by atoms with Gasteiger partial charge in [0, 0.05) is 5.69 Å². The molecule has 1 heterocycles. The predicted octanol–water partition coefficient (Wildman–Crippen LogP) is 0.817. The number of fused-ring (bicyclic) bond motifs is 1. The van der Waals surface area contributed by atoms with Crippen molar-refractivity contribution in [2.45, 2.75) is 19.4 Å². The molecule has 3 N–H and O–H groups in total. The molecule has 0 aliphatic carbocycles. The predicted molar refractivity (Wildman–Crippen MR) is 51.5 cm³/mol. The van der Waals surface area contributed by atoms with Crippen LogP contribution in [0.3, 0.4) is 0 Å². The van der Waals surface area contributed by atoms with Crippen LogP contribution in [0, 0.1) is 6.92 Å². The number of aryl methyl sites for hydroxylation is 1. The lowest BCUT2D eigenvalue weighted by Crippen LogP contribution is -2.41. The summed E-state index contributed by atoms with van der Waals surface area (Å²) in [5, 5.41) is 2.77. The van der Waals surface area contributed by atoms with Gasteiger partial charge in [0.15, 0.2) is 0 Å². The van der Waals surface area contributed by atoms with E-state index in [1.807, 2.05) is 19.1 Å². The van der Waals surface area contributed by atoms with Crippen LogP contribution in [0.15, 0.2) is 18.2 Å². The lowest BCUT2D eigenvalue weighted by atomic mass is 9.98. The lowest BCUT2D eigenvalue weighted by Gasteiger charge is -2.21. The Kier molecular flexibility index (Phi) is 1.81. The molecule has 1 aromatic carbocycles. The van der Waals surface area contributed by atoms with Crippen molar-refractivity contribution in [3.63, 3.8) is 0 Å². The van der Waals surface area contributed by atoms with E-state index in [-0.39, 0.29) is 5.91 Å². The van der Waals surface area contributed by atoms with E-state index in [1.165, 1.54) is 5.56 Å². The van der Waals surface area contributed by atoms with Gasteiger partial charge in [-0.3, -0.25) is 4.79 Å². The molecule has 0 spiro atoms. The number of amides is 1. The molecule has 1 aliphatic rings. The van der Waals surface area contributed by atoms with Crippen LogP contribution in [0.4, 0.5) is 5.69 Å². The number of carbonyl (C=O) groups excluding carboxylic acids is 1. The maximum absolute atomic E-state index is 11.2. The fourth-order valence-corrected chi connectivity index (χ4v) is 1.57. The first-order valence-electron chi connectivity index (χ1n) is 4.33. The molecule has 3 heteroatoms. The van der Waals surface area contributed by atoms with Gasteiger partial charge in [-0.1, -0.05) is 17.7 Å². The van der Waals surface area contributed by atoms with Crippen molar-refractivity contribution in [1.29, 1.82) is 0 Å². The van der Waals surface area contributed by atoms with E-state index >= 15 is 0 Å². The fraction of sp³-hybridized carbons (Fsp3) is 0.300. The molecule has 0 aromatic heterocycles. The fourth-order valence-electron chi connectivity index (χ4n) is 1.57. The molecule has 0 saturated carbocycles. The topological polar surface area (TPSA) is 55.1 Å². The Balaban J connectivity index is 2.42. The quantitative estimate of drug-likeness (QED) is 0.614. The third kappa shape index (κ3) is 1.42. The van der Waals surface area contributed by atoms with Crippen LogP contribution in [0.5, 0.6) is 0 Å². The minimum Gasteiger partial charge on any atom is -0.324 e. The van der Waals surface area contributed by atoms with Crippen LogP contribution >= 0.6 is 0 Å². The molecule has 13 heavy (non-hydrogen) atoms. The maximum Gasteiger partial charge on any atom is 0.241 e. The van der Waals surface area contributed by atoms with Gasteiger partial charge in [-0.25, -0.2) is 0 Å². The highest BCUT2D eigenvalue weighted by Crippen LogP contribution is 2.22. The zero-order valence-corrected chi connectivity index (χ0v) is 7.50. The molecule has 0 bridgehead atoms. The zero-order valence-electron chi connectivity index (χ0n) is 7.50. The average Bonchev–Trinajstić information content (AvgIpc) is 2.08. The molecule has 1 aliphatic heterocycles. The van der Waals surface area contributed by atoms with E-state index < -0.39 is 6.04 Å². The van der Waals surface area contributed by atoms with E-state index in [0.29, 0.717) is 6.42 Å². The van der Waals surface area contributed by atoms with Crippen molar-refractivity contribution in [3.05, 3.63) is 29.3 Å². The second kappa shape index (κ2) is 2.85. The maximum atomic E-state index is 11.2. The summed E-state index contributed by atoms with van der Waals surface area (Å²) < 4.78 is 0. The van der Waals surface area contributed by atoms with Crippen molar-refractivity contribution < 1.29 is 4.79 Å². The zero-order chi connectivity index (χ0) is 9.42. The number of nitrogens with one attached hydrogen (secondary N) is 1. The second-order valence-electron chi connectivity index (χ2n) is 3.46. The number of hydrogen-bond acceptors (Lipinski definition) is 2. The van der Waals surface area contributed by atoms with Gasteiger partial charge < -0.3 is 11.1 Å². The van der Waals surface area contributed by atoms with Crippen molar-refractivity contribution in [2.24, 2.45) is 5.73 Å². The highest BCUT2D eigenvalue weighted by atomic mass is 16.2. The minimum atomic E-state index is -0.394. The Labute approximate surface area is 76.9 Å². The number of benzene rings is 1. The molecule has 3 nitrogen and oxygen atoms in total. The first-order valence-corrected chi connectivity index (χ1v) is 4.33.